The Bertz CT molecular complexity index is 510. The smallest absolute Gasteiger partial charge is 0.0352 e. The summed E-state index contributed by atoms with van der Waals surface area (Å²) in [6.07, 6.45) is 4.47. The number of hydrogen-bond acceptors (Lipinski definition) is 3. The van der Waals surface area contributed by atoms with Gasteiger partial charge < -0.3 is 11.5 Å². The van der Waals surface area contributed by atoms with E-state index in [9.17, 15) is 0 Å². The average Bonchev–Trinajstić information content (AvgIpc) is 2.40. The molecule has 1 aromatic carbocycles. The van der Waals surface area contributed by atoms with Crippen LogP contribution in [0.15, 0.2) is 48.8 Å². The van der Waals surface area contributed by atoms with E-state index < -0.39 is 0 Å². The number of nitrogen functional groups attached to an aromatic ring is 1. The Hall–Kier alpha value is -1.87. The third-order valence-electron chi connectivity index (χ3n) is 3.41. The van der Waals surface area contributed by atoms with Crippen molar-refractivity contribution in [2.24, 2.45) is 5.73 Å². The zero-order valence-corrected chi connectivity index (χ0v) is 10.6. The van der Waals surface area contributed by atoms with Crippen molar-refractivity contribution < 1.29 is 0 Å². The predicted molar refractivity (Wildman–Crippen MR) is 75.2 cm³/mol. The third kappa shape index (κ3) is 2.51. The fourth-order valence-electron chi connectivity index (χ4n) is 2.28. The van der Waals surface area contributed by atoms with Crippen molar-refractivity contribution in [2.75, 3.05) is 12.3 Å². The van der Waals surface area contributed by atoms with Crippen LogP contribution in [0.5, 0.6) is 0 Å². The van der Waals surface area contributed by atoms with Gasteiger partial charge in [-0.3, -0.25) is 4.98 Å². The first kappa shape index (κ1) is 12.6. The van der Waals surface area contributed by atoms with Gasteiger partial charge in [0.15, 0.2) is 0 Å². The van der Waals surface area contributed by atoms with E-state index in [4.69, 9.17) is 11.5 Å². The van der Waals surface area contributed by atoms with Gasteiger partial charge in [-0.15, -0.1) is 0 Å². The Kier molecular flexibility index (Phi) is 3.63. The Morgan fingerprint density at radius 2 is 1.78 bits per heavy atom. The molecule has 0 saturated carbocycles. The van der Waals surface area contributed by atoms with Crippen LogP contribution < -0.4 is 11.5 Å². The molecular weight excluding hydrogens is 222 g/mol. The summed E-state index contributed by atoms with van der Waals surface area (Å²) in [6, 6.07) is 12.0. The van der Waals surface area contributed by atoms with Gasteiger partial charge in [0, 0.05) is 30.0 Å². The minimum Gasteiger partial charge on any atom is -0.398 e. The molecule has 0 bridgehead atoms. The second-order valence-corrected chi connectivity index (χ2v) is 4.88. The van der Waals surface area contributed by atoms with Gasteiger partial charge in [-0.2, -0.15) is 0 Å². The minimum atomic E-state index is -0.146. The highest BCUT2D eigenvalue weighted by Crippen LogP contribution is 2.31. The highest BCUT2D eigenvalue weighted by Gasteiger charge is 2.27. The molecular formula is C15H19N3. The normalized spacial score (nSPS) is 14.1. The lowest BCUT2D eigenvalue weighted by Crippen LogP contribution is -2.35. The van der Waals surface area contributed by atoms with Gasteiger partial charge in [0.2, 0.25) is 0 Å². The first-order chi connectivity index (χ1) is 8.65. The van der Waals surface area contributed by atoms with Crippen molar-refractivity contribution in [2.45, 2.75) is 18.8 Å². The molecule has 18 heavy (non-hydrogen) atoms. The molecule has 3 heteroatoms. The molecule has 1 aromatic heterocycles. The molecule has 2 aromatic rings. The predicted octanol–water partition coefficient (Wildman–Crippen LogP) is 2.12. The van der Waals surface area contributed by atoms with Gasteiger partial charge in [0.05, 0.1) is 0 Å². The molecule has 2 rings (SSSR count). The van der Waals surface area contributed by atoms with E-state index in [0.717, 1.165) is 17.7 Å². The van der Waals surface area contributed by atoms with Gasteiger partial charge in [-0.25, -0.2) is 0 Å². The first-order valence-corrected chi connectivity index (χ1v) is 6.10. The summed E-state index contributed by atoms with van der Waals surface area (Å²) in [4.78, 5) is 4.04. The van der Waals surface area contributed by atoms with Crippen molar-refractivity contribution in [3.63, 3.8) is 0 Å². The molecule has 94 valence electrons. The second kappa shape index (κ2) is 5.19. The number of aromatic nitrogens is 1. The summed E-state index contributed by atoms with van der Waals surface area (Å²) < 4.78 is 0. The number of hydrogen-bond donors (Lipinski definition) is 2. The van der Waals surface area contributed by atoms with Gasteiger partial charge in [-0.1, -0.05) is 25.1 Å². The van der Waals surface area contributed by atoms with E-state index in [1.165, 1.54) is 5.56 Å². The zero-order chi connectivity index (χ0) is 13.0. The molecule has 0 fully saturated rings. The lowest BCUT2D eigenvalue weighted by molar-refractivity contribution is 0.482. The molecule has 0 aliphatic heterocycles. The maximum atomic E-state index is 6.07. The van der Waals surface area contributed by atoms with Crippen LogP contribution in [0.4, 0.5) is 5.69 Å². The molecule has 1 heterocycles. The maximum Gasteiger partial charge on any atom is 0.0352 e. The van der Waals surface area contributed by atoms with Gasteiger partial charge in [-0.05, 0) is 35.7 Å². The van der Waals surface area contributed by atoms with Crippen LogP contribution >= 0.6 is 0 Å². The van der Waals surface area contributed by atoms with Crippen molar-refractivity contribution in [1.29, 1.82) is 0 Å². The molecule has 1 atom stereocenters. The van der Waals surface area contributed by atoms with Crippen LogP contribution in [0.1, 0.15) is 18.1 Å². The fraction of sp³-hybridized carbons (Fsp3) is 0.267. The van der Waals surface area contributed by atoms with Crippen LogP contribution in [-0.4, -0.2) is 11.5 Å². The van der Waals surface area contributed by atoms with Crippen LogP contribution in [-0.2, 0) is 11.8 Å². The second-order valence-electron chi connectivity index (χ2n) is 4.88. The lowest BCUT2D eigenvalue weighted by Gasteiger charge is -2.30. The largest absolute Gasteiger partial charge is 0.398 e. The highest BCUT2D eigenvalue weighted by atomic mass is 14.6. The van der Waals surface area contributed by atoms with E-state index >= 15 is 0 Å². The quantitative estimate of drug-likeness (QED) is 0.806. The Morgan fingerprint density at radius 1 is 1.11 bits per heavy atom. The molecule has 3 nitrogen and oxygen atoms in total. The van der Waals surface area contributed by atoms with E-state index in [1.54, 1.807) is 12.4 Å². The monoisotopic (exact) mass is 241 g/mol. The number of rotatable bonds is 4. The first-order valence-electron chi connectivity index (χ1n) is 6.10. The van der Waals surface area contributed by atoms with Crippen molar-refractivity contribution in [1.82, 2.24) is 4.98 Å². The van der Waals surface area contributed by atoms with Crippen molar-refractivity contribution in [3.8, 4) is 0 Å². The molecule has 0 radical (unpaired) electrons. The summed E-state index contributed by atoms with van der Waals surface area (Å²) >= 11 is 0. The number of anilines is 1. The fourth-order valence-corrected chi connectivity index (χ4v) is 2.28. The maximum absolute atomic E-state index is 6.07. The summed E-state index contributed by atoms with van der Waals surface area (Å²) in [7, 11) is 0. The van der Waals surface area contributed by atoms with Crippen LogP contribution in [0, 0.1) is 0 Å². The van der Waals surface area contributed by atoms with Gasteiger partial charge in [0.25, 0.3) is 0 Å². The Balaban J connectivity index is 2.34. The molecule has 0 saturated heterocycles. The number of nitrogens with two attached hydrogens (primary N) is 2. The third-order valence-corrected chi connectivity index (χ3v) is 3.41. The summed E-state index contributed by atoms with van der Waals surface area (Å²) in [5, 5.41) is 0. The number of benzene rings is 1. The summed E-state index contributed by atoms with van der Waals surface area (Å²) in [5.74, 6) is 0. The Labute approximate surface area is 108 Å². The van der Waals surface area contributed by atoms with Crippen molar-refractivity contribution >= 4 is 5.69 Å². The molecule has 4 N–H and O–H groups in total. The van der Waals surface area contributed by atoms with E-state index in [1.807, 2.05) is 30.3 Å². The van der Waals surface area contributed by atoms with Gasteiger partial charge >= 0.3 is 0 Å². The van der Waals surface area contributed by atoms with Crippen molar-refractivity contribution in [3.05, 3.63) is 59.9 Å². The summed E-state index contributed by atoms with van der Waals surface area (Å²) in [6.45, 7) is 2.71. The van der Waals surface area contributed by atoms with E-state index in [2.05, 4.69) is 18.0 Å². The topological polar surface area (TPSA) is 64.9 Å². The van der Waals surface area contributed by atoms with E-state index in [0.29, 0.717) is 6.54 Å². The number of pyridine rings is 1. The molecule has 0 spiro atoms. The Morgan fingerprint density at radius 3 is 2.39 bits per heavy atom. The SMILES string of the molecule is CC(CN)(Cc1ccncc1)c1ccccc1N. The minimum absolute atomic E-state index is 0.146. The number of para-hydroxylation sites is 1. The van der Waals surface area contributed by atoms with Crippen LogP contribution in [0.2, 0.25) is 0 Å². The molecule has 1 unspecified atom stereocenters. The lowest BCUT2D eigenvalue weighted by atomic mass is 9.77. The molecule has 0 aliphatic carbocycles. The average molecular weight is 241 g/mol. The highest BCUT2D eigenvalue weighted by molar-refractivity contribution is 5.51. The standard InChI is InChI=1S/C15H19N3/c1-15(11-16,10-12-6-8-18-9-7-12)13-4-2-3-5-14(13)17/h2-9H,10-11,16-17H2,1H3. The number of nitrogens with zero attached hydrogens (tertiary/aromatic N) is 1. The van der Waals surface area contributed by atoms with E-state index in [-0.39, 0.29) is 5.41 Å². The van der Waals surface area contributed by atoms with Crippen LogP contribution in [0.25, 0.3) is 0 Å². The van der Waals surface area contributed by atoms with Crippen LogP contribution in [0.3, 0.4) is 0 Å². The molecule has 0 aliphatic rings. The molecule has 0 amide bonds. The van der Waals surface area contributed by atoms with Gasteiger partial charge in [0.1, 0.15) is 0 Å². The summed E-state index contributed by atoms with van der Waals surface area (Å²) in [5.41, 5.74) is 15.0. The zero-order valence-electron chi connectivity index (χ0n) is 10.6.